The van der Waals surface area contributed by atoms with Crippen LogP contribution < -0.4 is 0 Å². The summed E-state index contributed by atoms with van der Waals surface area (Å²) >= 11 is 0. The summed E-state index contributed by atoms with van der Waals surface area (Å²) in [6.45, 7) is 5.90. The van der Waals surface area contributed by atoms with Crippen LogP contribution in [0.3, 0.4) is 0 Å². The van der Waals surface area contributed by atoms with Crippen LogP contribution in [0.2, 0.25) is 0 Å². The van der Waals surface area contributed by atoms with E-state index in [-0.39, 0.29) is 6.03 Å². The normalized spacial score (nSPS) is 30.6. The molecule has 0 radical (unpaired) electrons. The van der Waals surface area contributed by atoms with Gasteiger partial charge in [-0.3, -0.25) is 4.79 Å². The molecule has 2 unspecified atom stereocenters. The van der Waals surface area contributed by atoms with Gasteiger partial charge >= 0.3 is 12.0 Å². The SMILES string of the molecule is CCC1CCCN1C(=O)N1CCCC(CC)(C(=O)O)C1. The number of urea groups is 1. The first-order chi connectivity index (χ1) is 9.54. The molecule has 114 valence electrons. The number of carboxylic acids is 1. The van der Waals surface area contributed by atoms with E-state index in [2.05, 4.69) is 6.92 Å². The fraction of sp³-hybridized carbons (Fsp3) is 0.867. The quantitative estimate of drug-likeness (QED) is 0.865. The number of carbonyl (C=O) groups excluding carboxylic acids is 1. The van der Waals surface area contributed by atoms with Crippen molar-refractivity contribution in [3.05, 3.63) is 0 Å². The van der Waals surface area contributed by atoms with Crippen LogP contribution in [0.5, 0.6) is 0 Å². The molecular weight excluding hydrogens is 256 g/mol. The summed E-state index contributed by atoms with van der Waals surface area (Å²) in [6, 6.07) is 0.387. The maximum atomic E-state index is 12.7. The molecule has 20 heavy (non-hydrogen) atoms. The van der Waals surface area contributed by atoms with E-state index in [1.165, 1.54) is 0 Å². The highest BCUT2D eigenvalue weighted by atomic mass is 16.4. The van der Waals surface area contributed by atoms with E-state index in [9.17, 15) is 14.7 Å². The van der Waals surface area contributed by atoms with Crippen molar-refractivity contribution in [2.24, 2.45) is 5.41 Å². The number of carbonyl (C=O) groups is 2. The van der Waals surface area contributed by atoms with Crippen LogP contribution in [0, 0.1) is 5.41 Å². The number of likely N-dealkylation sites (tertiary alicyclic amines) is 2. The van der Waals surface area contributed by atoms with Crippen molar-refractivity contribution in [3.63, 3.8) is 0 Å². The zero-order valence-electron chi connectivity index (χ0n) is 12.6. The van der Waals surface area contributed by atoms with E-state index in [1.807, 2.05) is 11.8 Å². The van der Waals surface area contributed by atoms with E-state index in [0.717, 1.165) is 32.2 Å². The molecule has 2 aliphatic heterocycles. The minimum Gasteiger partial charge on any atom is -0.481 e. The van der Waals surface area contributed by atoms with Crippen LogP contribution in [0.4, 0.5) is 4.79 Å². The summed E-state index contributed by atoms with van der Waals surface area (Å²) in [5, 5.41) is 9.50. The number of hydrogen-bond acceptors (Lipinski definition) is 2. The lowest BCUT2D eigenvalue weighted by atomic mass is 9.78. The van der Waals surface area contributed by atoms with Crippen molar-refractivity contribution < 1.29 is 14.7 Å². The summed E-state index contributed by atoms with van der Waals surface area (Å²) in [7, 11) is 0. The molecule has 5 heteroatoms. The number of hydrogen-bond donors (Lipinski definition) is 1. The molecule has 2 fully saturated rings. The van der Waals surface area contributed by atoms with Crippen LogP contribution in [-0.4, -0.2) is 52.6 Å². The number of carboxylic acid groups (broad SMARTS) is 1. The van der Waals surface area contributed by atoms with E-state index >= 15 is 0 Å². The average molecular weight is 282 g/mol. The highest BCUT2D eigenvalue weighted by molar-refractivity contribution is 5.79. The molecule has 0 aromatic carbocycles. The predicted octanol–water partition coefficient (Wildman–Crippen LogP) is 2.56. The van der Waals surface area contributed by atoms with Gasteiger partial charge in [-0.2, -0.15) is 0 Å². The molecule has 0 aromatic heterocycles. The van der Waals surface area contributed by atoms with Gasteiger partial charge in [0, 0.05) is 25.7 Å². The molecule has 2 heterocycles. The van der Waals surface area contributed by atoms with Gasteiger partial charge in [0.25, 0.3) is 0 Å². The van der Waals surface area contributed by atoms with Crippen molar-refractivity contribution >= 4 is 12.0 Å². The molecule has 2 saturated heterocycles. The molecular formula is C15H26N2O3. The van der Waals surface area contributed by atoms with Gasteiger partial charge in [-0.05, 0) is 38.5 Å². The largest absolute Gasteiger partial charge is 0.481 e. The first-order valence-electron chi connectivity index (χ1n) is 7.83. The van der Waals surface area contributed by atoms with Crippen LogP contribution in [0.1, 0.15) is 52.4 Å². The summed E-state index contributed by atoms with van der Waals surface area (Å²) in [5.41, 5.74) is -0.741. The second-order valence-corrected chi connectivity index (χ2v) is 6.14. The second kappa shape index (κ2) is 6.02. The zero-order valence-corrected chi connectivity index (χ0v) is 12.6. The Bertz CT molecular complexity index is 385. The number of piperidine rings is 1. The van der Waals surface area contributed by atoms with E-state index in [4.69, 9.17) is 0 Å². The smallest absolute Gasteiger partial charge is 0.320 e. The number of amides is 2. The number of aliphatic carboxylic acids is 1. The van der Waals surface area contributed by atoms with Crippen molar-refractivity contribution in [1.29, 1.82) is 0 Å². The van der Waals surface area contributed by atoms with Gasteiger partial charge < -0.3 is 14.9 Å². The number of rotatable bonds is 3. The van der Waals surface area contributed by atoms with Crippen LogP contribution in [0.15, 0.2) is 0 Å². The van der Waals surface area contributed by atoms with Gasteiger partial charge in [0.05, 0.1) is 5.41 Å². The van der Waals surface area contributed by atoms with Gasteiger partial charge in [-0.1, -0.05) is 13.8 Å². The molecule has 0 aromatic rings. The molecule has 0 bridgehead atoms. The third kappa shape index (κ3) is 2.63. The Morgan fingerprint density at radius 3 is 2.60 bits per heavy atom. The second-order valence-electron chi connectivity index (χ2n) is 6.14. The Labute approximate surface area is 120 Å². The van der Waals surface area contributed by atoms with Crippen LogP contribution in [0.25, 0.3) is 0 Å². The van der Waals surface area contributed by atoms with E-state index in [1.54, 1.807) is 4.90 Å². The van der Waals surface area contributed by atoms with Gasteiger partial charge in [0.1, 0.15) is 0 Å². The van der Waals surface area contributed by atoms with Crippen molar-refractivity contribution in [1.82, 2.24) is 9.80 Å². The molecule has 5 nitrogen and oxygen atoms in total. The van der Waals surface area contributed by atoms with Crippen LogP contribution >= 0.6 is 0 Å². The zero-order chi connectivity index (χ0) is 14.8. The molecule has 1 N–H and O–H groups in total. The molecule has 0 spiro atoms. The lowest BCUT2D eigenvalue weighted by molar-refractivity contribution is -0.152. The van der Waals surface area contributed by atoms with Gasteiger partial charge in [-0.25, -0.2) is 4.79 Å². The monoisotopic (exact) mass is 282 g/mol. The Hall–Kier alpha value is -1.26. The third-order valence-corrected chi connectivity index (χ3v) is 5.07. The maximum absolute atomic E-state index is 12.7. The standard InChI is InChI=1S/C15H26N2O3/c1-3-12-7-5-10-17(12)14(20)16-9-6-8-15(4-2,11-16)13(18)19/h12H,3-11H2,1-2H3,(H,18,19). The molecule has 2 atom stereocenters. The highest BCUT2D eigenvalue weighted by Gasteiger charge is 2.43. The summed E-state index contributed by atoms with van der Waals surface area (Å²) < 4.78 is 0. The Morgan fingerprint density at radius 2 is 2.00 bits per heavy atom. The van der Waals surface area contributed by atoms with E-state index in [0.29, 0.717) is 32.0 Å². The highest BCUT2D eigenvalue weighted by Crippen LogP contribution is 2.34. The summed E-state index contributed by atoms with van der Waals surface area (Å²) in [4.78, 5) is 27.9. The first kappa shape index (κ1) is 15.1. The van der Waals surface area contributed by atoms with Gasteiger partial charge in [0.2, 0.25) is 0 Å². The van der Waals surface area contributed by atoms with Gasteiger partial charge in [-0.15, -0.1) is 0 Å². The lowest BCUT2D eigenvalue weighted by Gasteiger charge is -2.41. The van der Waals surface area contributed by atoms with Crippen molar-refractivity contribution in [2.45, 2.75) is 58.4 Å². The maximum Gasteiger partial charge on any atom is 0.320 e. The molecule has 2 amide bonds. The Kier molecular flexibility index (Phi) is 4.55. The lowest BCUT2D eigenvalue weighted by Crippen LogP contribution is -2.54. The topological polar surface area (TPSA) is 60.9 Å². The molecule has 2 aliphatic rings. The molecule has 0 aliphatic carbocycles. The minimum absolute atomic E-state index is 0.0492. The third-order valence-electron chi connectivity index (χ3n) is 5.07. The Balaban J connectivity index is 2.08. The van der Waals surface area contributed by atoms with Gasteiger partial charge in [0.15, 0.2) is 0 Å². The van der Waals surface area contributed by atoms with Crippen molar-refractivity contribution in [2.75, 3.05) is 19.6 Å². The summed E-state index contributed by atoms with van der Waals surface area (Å²) in [6.07, 6.45) is 5.18. The minimum atomic E-state index is -0.758. The fourth-order valence-electron chi connectivity index (χ4n) is 3.60. The average Bonchev–Trinajstić information content (AvgIpc) is 2.94. The van der Waals surface area contributed by atoms with Crippen molar-refractivity contribution in [3.8, 4) is 0 Å². The Morgan fingerprint density at radius 1 is 1.25 bits per heavy atom. The molecule has 2 rings (SSSR count). The molecule has 0 saturated carbocycles. The predicted molar refractivity (Wildman–Crippen MR) is 76.6 cm³/mol. The first-order valence-corrected chi connectivity index (χ1v) is 7.83. The van der Waals surface area contributed by atoms with Crippen LogP contribution in [-0.2, 0) is 4.79 Å². The number of nitrogens with zero attached hydrogens (tertiary/aromatic N) is 2. The summed E-state index contributed by atoms with van der Waals surface area (Å²) in [5.74, 6) is -0.758. The van der Waals surface area contributed by atoms with E-state index < -0.39 is 11.4 Å². The fourth-order valence-corrected chi connectivity index (χ4v) is 3.60.